The summed E-state index contributed by atoms with van der Waals surface area (Å²) < 4.78 is 19.7. The van der Waals surface area contributed by atoms with Crippen LogP contribution in [0.2, 0.25) is 0 Å². The van der Waals surface area contributed by atoms with Crippen molar-refractivity contribution in [2.45, 2.75) is 31.6 Å². The predicted octanol–water partition coefficient (Wildman–Crippen LogP) is 4.36. The van der Waals surface area contributed by atoms with Gasteiger partial charge in [0.05, 0.1) is 18.6 Å². The van der Waals surface area contributed by atoms with E-state index in [2.05, 4.69) is 5.32 Å². The van der Waals surface area contributed by atoms with Crippen LogP contribution in [0, 0.1) is 5.82 Å². The summed E-state index contributed by atoms with van der Waals surface area (Å²) in [7, 11) is 1.29. The molecule has 0 aromatic heterocycles. The van der Waals surface area contributed by atoms with Gasteiger partial charge in [0, 0.05) is 29.0 Å². The Kier molecular flexibility index (Phi) is 5.05. The van der Waals surface area contributed by atoms with E-state index in [4.69, 9.17) is 4.74 Å². The molecule has 1 aliphatic heterocycles. The highest BCUT2D eigenvalue weighted by Crippen LogP contribution is 2.46. The van der Waals surface area contributed by atoms with Gasteiger partial charge < -0.3 is 10.1 Å². The van der Waals surface area contributed by atoms with Crippen molar-refractivity contribution >= 4 is 11.8 Å². The molecular weight excluding hydrogens is 369 g/mol. The molecule has 2 aromatic rings. The van der Waals surface area contributed by atoms with Crippen LogP contribution in [0.15, 0.2) is 77.1 Å². The maximum absolute atomic E-state index is 14.7. The van der Waals surface area contributed by atoms with Gasteiger partial charge in [-0.3, -0.25) is 4.79 Å². The first-order chi connectivity index (χ1) is 14.0. The number of halogens is 1. The first-order valence-electron chi connectivity index (χ1n) is 9.63. The van der Waals surface area contributed by atoms with E-state index < -0.39 is 17.7 Å². The molecule has 0 fully saturated rings. The largest absolute Gasteiger partial charge is 0.466 e. The summed E-state index contributed by atoms with van der Waals surface area (Å²) >= 11 is 0. The van der Waals surface area contributed by atoms with Crippen molar-refractivity contribution in [2.75, 3.05) is 7.11 Å². The zero-order chi connectivity index (χ0) is 20.5. The molecule has 0 amide bonds. The van der Waals surface area contributed by atoms with Crippen molar-refractivity contribution in [1.82, 2.24) is 5.32 Å². The van der Waals surface area contributed by atoms with Crippen molar-refractivity contribution < 1.29 is 18.7 Å². The Morgan fingerprint density at radius 1 is 1.07 bits per heavy atom. The van der Waals surface area contributed by atoms with Crippen LogP contribution in [-0.2, 0) is 14.3 Å². The maximum Gasteiger partial charge on any atom is 0.336 e. The van der Waals surface area contributed by atoms with Gasteiger partial charge in [-0.15, -0.1) is 0 Å². The third kappa shape index (κ3) is 3.37. The Morgan fingerprint density at radius 2 is 1.76 bits per heavy atom. The molecule has 4 nitrogen and oxygen atoms in total. The van der Waals surface area contributed by atoms with Gasteiger partial charge in [0.1, 0.15) is 5.82 Å². The van der Waals surface area contributed by atoms with Crippen LogP contribution in [0.3, 0.4) is 0 Å². The number of dihydropyridines is 1. The number of allylic oxidation sites excluding steroid dienone is 3. The predicted molar refractivity (Wildman–Crippen MR) is 107 cm³/mol. The monoisotopic (exact) mass is 391 g/mol. The van der Waals surface area contributed by atoms with Crippen LogP contribution in [0.1, 0.15) is 42.7 Å². The third-order valence-corrected chi connectivity index (χ3v) is 5.72. The molecule has 1 N–H and O–H groups in total. The van der Waals surface area contributed by atoms with E-state index in [0.29, 0.717) is 29.7 Å². The molecule has 0 saturated carbocycles. The Balaban J connectivity index is 1.84. The van der Waals surface area contributed by atoms with Gasteiger partial charge in [-0.25, -0.2) is 9.18 Å². The normalized spacial score (nSPS) is 21.6. The number of esters is 1. The van der Waals surface area contributed by atoms with Gasteiger partial charge in [0.15, 0.2) is 5.78 Å². The van der Waals surface area contributed by atoms with E-state index in [9.17, 15) is 14.0 Å². The lowest BCUT2D eigenvalue weighted by Crippen LogP contribution is -2.36. The molecule has 0 spiro atoms. The SMILES string of the molecule is COC(=O)C1=C(C)NC2=C(C(=O)C[C@@H](c3ccccc3)C2)[C@@H]1c1ccccc1F. The van der Waals surface area contributed by atoms with Gasteiger partial charge in [0.2, 0.25) is 0 Å². The first-order valence-corrected chi connectivity index (χ1v) is 9.63. The van der Waals surface area contributed by atoms with Gasteiger partial charge >= 0.3 is 5.97 Å². The number of hydrogen-bond donors (Lipinski definition) is 1. The smallest absolute Gasteiger partial charge is 0.336 e. The van der Waals surface area contributed by atoms with Crippen molar-refractivity contribution in [3.05, 3.63) is 94.1 Å². The van der Waals surface area contributed by atoms with E-state index >= 15 is 0 Å². The molecule has 2 aliphatic rings. The highest BCUT2D eigenvalue weighted by atomic mass is 19.1. The summed E-state index contributed by atoms with van der Waals surface area (Å²) in [6.45, 7) is 1.76. The van der Waals surface area contributed by atoms with Crippen LogP contribution >= 0.6 is 0 Å². The Morgan fingerprint density at radius 3 is 2.45 bits per heavy atom. The van der Waals surface area contributed by atoms with Crippen LogP contribution in [-0.4, -0.2) is 18.9 Å². The van der Waals surface area contributed by atoms with Crippen molar-refractivity contribution in [3.8, 4) is 0 Å². The average molecular weight is 391 g/mol. The van der Waals surface area contributed by atoms with Gasteiger partial charge in [-0.2, -0.15) is 0 Å². The zero-order valence-electron chi connectivity index (χ0n) is 16.4. The van der Waals surface area contributed by atoms with Crippen molar-refractivity contribution in [2.24, 2.45) is 0 Å². The van der Waals surface area contributed by atoms with Crippen LogP contribution < -0.4 is 5.32 Å². The van der Waals surface area contributed by atoms with Crippen molar-refractivity contribution in [3.63, 3.8) is 0 Å². The lowest BCUT2D eigenvalue weighted by Gasteiger charge is -2.36. The summed E-state index contributed by atoms with van der Waals surface area (Å²) in [6.07, 6.45) is 0.949. The van der Waals surface area contributed by atoms with E-state index in [1.165, 1.54) is 13.2 Å². The molecule has 0 bridgehead atoms. The fraction of sp³-hybridized carbons (Fsp3) is 0.250. The second kappa shape index (κ2) is 7.66. The lowest BCUT2D eigenvalue weighted by molar-refractivity contribution is -0.136. The molecule has 0 saturated heterocycles. The van der Waals surface area contributed by atoms with Gasteiger partial charge in [0.25, 0.3) is 0 Å². The fourth-order valence-corrected chi connectivity index (χ4v) is 4.40. The molecular formula is C24H22FNO3. The average Bonchev–Trinajstić information content (AvgIpc) is 2.73. The van der Waals surface area contributed by atoms with Crippen LogP contribution in [0.25, 0.3) is 0 Å². The van der Waals surface area contributed by atoms with Crippen LogP contribution in [0.4, 0.5) is 4.39 Å². The Hall–Kier alpha value is -3.21. The second-order valence-electron chi connectivity index (χ2n) is 7.44. The minimum Gasteiger partial charge on any atom is -0.466 e. The number of ether oxygens (including phenoxy) is 1. The topological polar surface area (TPSA) is 55.4 Å². The number of carbonyl (C=O) groups is 2. The second-order valence-corrected chi connectivity index (χ2v) is 7.44. The third-order valence-electron chi connectivity index (χ3n) is 5.72. The Bertz CT molecular complexity index is 1040. The van der Waals surface area contributed by atoms with Gasteiger partial charge in [-0.1, -0.05) is 48.5 Å². The molecule has 0 radical (unpaired) electrons. The standard InChI is InChI=1S/C24H22FNO3/c1-14-21(24(28)29-2)22(17-10-6-7-11-18(17)25)23-19(26-14)12-16(13-20(23)27)15-8-4-3-5-9-15/h3-11,16,22,26H,12-13H2,1-2H3/t16-,22+/m0/s1. The number of methoxy groups -OCH3 is 1. The molecule has 1 aliphatic carbocycles. The minimum atomic E-state index is -0.774. The van der Waals surface area contributed by atoms with E-state index in [0.717, 1.165) is 11.3 Å². The molecule has 5 heteroatoms. The zero-order valence-corrected chi connectivity index (χ0v) is 16.4. The number of ketones is 1. The molecule has 1 heterocycles. The van der Waals surface area contributed by atoms with E-state index in [1.807, 2.05) is 30.3 Å². The molecule has 2 atom stereocenters. The number of hydrogen-bond acceptors (Lipinski definition) is 4. The highest BCUT2D eigenvalue weighted by Gasteiger charge is 2.42. The maximum atomic E-state index is 14.7. The summed E-state index contributed by atoms with van der Waals surface area (Å²) in [6, 6.07) is 16.2. The molecule has 0 unspecified atom stereocenters. The molecule has 29 heavy (non-hydrogen) atoms. The number of carbonyl (C=O) groups excluding carboxylic acids is 2. The number of benzene rings is 2. The lowest BCUT2D eigenvalue weighted by atomic mass is 9.71. The van der Waals surface area contributed by atoms with Crippen LogP contribution in [0.5, 0.6) is 0 Å². The number of nitrogens with one attached hydrogen (secondary N) is 1. The fourth-order valence-electron chi connectivity index (χ4n) is 4.40. The summed E-state index contributed by atoms with van der Waals surface area (Å²) in [5.74, 6) is -1.81. The van der Waals surface area contributed by atoms with Crippen molar-refractivity contribution in [1.29, 1.82) is 0 Å². The van der Waals surface area contributed by atoms with Gasteiger partial charge in [-0.05, 0) is 30.9 Å². The Labute approximate surface area is 169 Å². The minimum absolute atomic E-state index is 0.0451. The molecule has 4 rings (SSSR count). The quantitative estimate of drug-likeness (QED) is 0.790. The summed E-state index contributed by atoms with van der Waals surface area (Å²) in [4.78, 5) is 25.8. The molecule has 2 aromatic carbocycles. The first kappa shape index (κ1) is 19.1. The van der Waals surface area contributed by atoms with E-state index in [-0.39, 0.29) is 17.3 Å². The number of Topliss-reactive ketones (excluding diaryl/α,β-unsaturated/α-hetero) is 1. The van der Waals surface area contributed by atoms with E-state index in [1.54, 1.807) is 25.1 Å². The number of rotatable bonds is 3. The summed E-state index contributed by atoms with van der Waals surface area (Å²) in [5.41, 5.74) is 3.50. The molecule has 148 valence electrons. The highest BCUT2D eigenvalue weighted by molar-refractivity contribution is 6.04. The summed E-state index contributed by atoms with van der Waals surface area (Å²) in [5, 5.41) is 3.25.